The Labute approximate surface area is 239 Å². The van der Waals surface area contributed by atoms with Crippen LogP contribution in [-0.2, 0) is 27.4 Å². The molecule has 0 spiro atoms. The predicted molar refractivity (Wildman–Crippen MR) is 159 cm³/mol. The van der Waals surface area contributed by atoms with Gasteiger partial charge in [0.05, 0.1) is 29.9 Å². The van der Waals surface area contributed by atoms with Crippen LogP contribution >= 0.6 is 0 Å². The number of rotatable bonds is 10. The van der Waals surface area contributed by atoms with Gasteiger partial charge in [-0.2, -0.15) is 0 Å². The van der Waals surface area contributed by atoms with Crippen LogP contribution in [-0.4, -0.2) is 47.4 Å². The summed E-state index contributed by atoms with van der Waals surface area (Å²) in [4.78, 5) is 43.8. The zero-order chi connectivity index (χ0) is 28.6. The number of carbonyl (C=O) groups excluding carboxylic acids is 2. The second-order valence-electron chi connectivity index (χ2n) is 10.4. The number of hydrogen-bond acceptors (Lipinski definition) is 5. The van der Waals surface area contributed by atoms with Gasteiger partial charge in [0, 0.05) is 25.8 Å². The van der Waals surface area contributed by atoms with Gasteiger partial charge >= 0.3 is 0 Å². The molecule has 0 saturated carbocycles. The zero-order valence-corrected chi connectivity index (χ0v) is 23.2. The maximum atomic E-state index is 13.9. The largest absolute Gasteiger partial charge is 0.464 e. The summed E-state index contributed by atoms with van der Waals surface area (Å²) in [6.45, 7) is 3.10. The first-order valence-corrected chi connectivity index (χ1v) is 13.9. The Morgan fingerprint density at radius 1 is 0.951 bits per heavy atom. The molecule has 2 amide bonds. The molecule has 2 heterocycles. The number of fused-ring (bicyclic) bond motifs is 1. The van der Waals surface area contributed by atoms with Gasteiger partial charge in [-0.25, -0.2) is 0 Å². The standard InChI is InChI=1S/C34H34N2O5/c1-25-14-16-31-30(19-25)34(39)28(24-41-31)21-35(20-27-11-6-3-7-12-27)33(38)23-36(22-29-13-8-18-40-29)32(37)17-15-26-9-4-2-5-10-26/h2-7,9-12,14-17,19,24,29H,8,13,18,20-23H2,1H3/b17-15+. The molecule has 210 valence electrons. The molecule has 41 heavy (non-hydrogen) atoms. The molecule has 0 aliphatic carbocycles. The fourth-order valence-electron chi connectivity index (χ4n) is 5.00. The van der Waals surface area contributed by atoms with Crippen LogP contribution in [0.25, 0.3) is 17.0 Å². The highest BCUT2D eigenvalue weighted by Gasteiger charge is 2.26. The van der Waals surface area contributed by atoms with Crippen LogP contribution in [0.5, 0.6) is 0 Å². The molecule has 7 nitrogen and oxygen atoms in total. The highest BCUT2D eigenvalue weighted by molar-refractivity contribution is 5.94. The second kappa shape index (κ2) is 13.2. The molecule has 1 unspecified atom stereocenters. The van der Waals surface area contributed by atoms with E-state index in [1.807, 2.05) is 73.7 Å². The lowest BCUT2D eigenvalue weighted by atomic mass is 10.1. The van der Waals surface area contributed by atoms with Gasteiger partial charge < -0.3 is 19.0 Å². The molecule has 1 aromatic heterocycles. The van der Waals surface area contributed by atoms with Crippen LogP contribution in [0.3, 0.4) is 0 Å². The van der Waals surface area contributed by atoms with Crippen molar-refractivity contribution in [1.82, 2.24) is 9.80 Å². The summed E-state index contributed by atoms with van der Waals surface area (Å²) in [7, 11) is 0. The topological polar surface area (TPSA) is 80.1 Å². The molecular weight excluding hydrogens is 516 g/mol. The number of carbonyl (C=O) groups is 2. The first kappa shape index (κ1) is 28.1. The lowest BCUT2D eigenvalue weighted by molar-refractivity contribution is -0.140. The van der Waals surface area contributed by atoms with Gasteiger partial charge in [-0.15, -0.1) is 0 Å². The number of aryl methyl sites for hydroxylation is 1. The smallest absolute Gasteiger partial charge is 0.247 e. The number of ether oxygens (including phenoxy) is 1. The van der Waals surface area contributed by atoms with Crippen LogP contribution in [0.2, 0.25) is 0 Å². The molecule has 0 N–H and O–H groups in total. The molecule has 3 aromatic carbocycles. The monoisotopic (exact) mass is 550 g/mol. The summed E-state index contributed by atoms with van der Waals surface area (Å²) in [6, 6.07) is 24.6. The summed E-state index contributed by atoms with van der Waals surface area (Å²) in [5.74, 6) is -0.532. The highest BCUT2D eigenvalue weighted by Crippen LogP contribution is 2.17. The van der Waals surface area contributed by atoms with E-state index in [1.54, 1.807) is 28.0 Å². The summed E-state index contributed by atoms with van der Waals surface area (Å²) in [6.07, 6.45) is 6.33. The quantitative estimate of drug-likeness (QED) is 0.249. The van der Waals surface area contributed by atoms with E-state index in [0.29, 0.717) is 29.7 Å². The van der Waals surface area contributed by atoms with E-state index >= 15 is 0 Å². The Kier molecular flexibility index (Phi) is 9.06. The van der Waals surface area contributed by atoms with Gasteiger partial charge in [-0.1, -0.05) is 72.3 Å². The Morgan fingerprint density at radius 3 is 2.44 bits per heavy atom. The predicted octanol–water partition coefficient (Wildman–Crippen LogP) is 5.35. The van der Waals surface area contributed by atoms with Crippen molar-refractivity contribution in [2.75, 3.05) is 19.7 Å². The van der Waals surface area contributed by atoms with Gasteiger partial charge in [0.15, 0.2) is 5.43 Å². The fraction of sp³-hybridized carbons (Fsp3) is 0.265. The normalized spacial score (nSPS) is 14.9. The number of benzene rings is 3. The molecule has 1 aliphatic heterocycles. The van der Waals surface area contributed by atoms with Gasteiger partial charge in [0.25, 0.3) is 0 Å². The summed E-state index contributed by atoms with van der Waals surface area (Å²) in [5.41, 5.74) is 3.48. The Morgan fingerprint density at radius 2 is 1.71 bits per heavy atom. The zero-order valence-electron chi connectivity index (χ0n) is 23.2. The Hall–Kier alpha value is -4.49. The molecule has 1 saturated heterocycles. The minimum absolute atomic E-state index is 0.0573. The van der Waals surface area contributed by atoms with Crippen molar-refractivity contribution in [2.24, 2.45) is 0 Å². The van der Waals surface area contributed by atoms with E-state index in [1.165, 1.54) is 12.3 Å². The van der Waals surface area contributed by atoms with Gasteiger partial charge in [0.1, 0.15) is 12.1 Å². The van der Waals surface area contributed by atoms with Crippen molar-refractivity contribution in [3.8, 4) is 0 Å². The average Bonchev–Trinajstić information content (AvgIpc) is 3.51. The van der Waals surface area contributed by atoms with Crippen LogP contribution in [0.15, 0.2) is 100 Å². The van der Waals surface area contributed by atoms with Crippen LogP contribution in [0.1, 0.15) is 35.1 Å². The van der Waals surface area contributed by atoms with E-state index in [9.17, 15) is 14.4 Å². The molecule has 4 aromatic rings. The Bertz CT molecular complexity index is 1570. The van der Waals surface area contributed by atoms with Crippen molar-refractivity contribution in [2.45, 2.75) is 39.0 Å². The number of amides is 2. The van der Waals surface area contributed by atoms with Crippen LogP contribution in [0.4, 0.5) is 0 Å². The van der Waals surface area contributed by atoms with E-state index in [-0.39, 0.29) is 43.0 Å². The van der Waals surface area contributed by atoms with E-state index in [0.717, 1.165) is 29.5 Å². The van der Waals surface area contributed by atoms with Crippen molar-refractivity contribution in [3.05, 3.63) is 124 Å². The third kappa shape index (κ3) is 7.38. The molecule has 5 rings (SSSR count). The number of nitrogens with zero attached hydrogens (tertiary/aromatic N) is 2. The minimum atomic E-state index is -0.267. The Balaban J connectivity index is 1.41. The molecule has 0 radical (unpaired) electrons. The molecule has 1 atom stereocenters. The van der Waals surface area contributed by atoms with Crippen LogP contribution < -0.4 is 5.43 Å². The van der Waals surface area contributed by atoms with Crippen LogP contribution in [0, 0.1) is 6.92 Å². The molecule has 7 heteroatoms. The SMILES string of the molecule is Cc1ccc2occ(CN(Cc3ccccc3)C(=O)CN(CC3CCCO3)C(=O)/C=C/c3ccccc3)c(=O)c2c1. The summed E-state index contributed by atoms with van der Waals surface area (Å²) >= 11 is 0. The van der Waals surface area contributed by atoms with Gasteiger partial charge in [0.2, 0.25) is 11.8 Å². The lowest BCUT2D eigenvalue weighted by Gasteiger charge is -2.28. The van der Waals surface area contributed by atoms with E-state index in [2.05, 4.69) is 0 Å². The molecular formula is C34H34N2O5. The van der Waals surface area contributed by atoms with Crippen molar-refractivity contribution in [3.63, 3.8) is 0 Å². The number of hydrogen-bond donors (Lipinski definition) is 0. The first-order chi connectivity index (χ1) is 20.0. The van der Waals surface area contributed by atoms with Crippen molar-refractivity contribution in [1.29, 1.82) is 0 Å². The van der Waals surface area contributed by atoms with E-state index < -0.39 is 0 Å². The second-order valence-corrected chi connectivity index (χ2v) is 10.4. The lowest BCUT2D eigenvalue weighted by Crippen LogP contribution is -2.45. The van der Waals surface area contributed by atoms with Crippen molar-refractivity contribution >= 4 is 28.9 Å². The average molecular weight is 551 g/mol. The van der Waals surface area contributed by atoms with Crippen molar-refractivity contribution < 1.29 is 18.7 Å². The molecule has 1 aliphatic rings. The minimum Gasteiger partial charge on any atom is -0.464 e. The van der Waals surface area contributed by atoms with Gasteiger partial charge in [-0.3, -0.25) is 14.4 Å². The van der Waals surface area contributed by atoms with E-state index in [4.69, 9.17) is 9.15 Å². The maximum Gasteiger partial charge on any atom is 0.247 e. The fourth-order valence-corrected chi connectivity index (χ4v) is 5.00. The first-order valence-electron chi connectivity index (χ1n) is 13.9. The molecule has 0 bridgehead atoms. The summed E-state index contributed by atoms with van der Waals surface area (Å²) < 4.78 is 11.6. The third-order valence-electron chi connectivity index (χ3n) is 7.23. The highest BCUT2D eigenvalue weighted by atomic mass is 16.5. The summed E-state index contributed by atoms with van der Waals surface area (Å²) in [5, 5.41) is 0.482. The molecule has 1 fully saturated rings. The third-order valence-corrected chi connectivity index (χ3v) is 7.23. The maximum absolute atomic E-state index is 13.9. The van der Waals surface area contributed by atoms with Gasteiger partial charge in [-0.05, 0) is 49.1 Å².